The molecule has 6 nitrogen and oxygen atoms in total. The number of nitrogens with zero attached hydrogens (tertiary/aromatic N) is 2. The quantitative estimate of drug-likeness (QED) is 0.681. The van der Waals surface area contributed by atoms with E-state index in [4.69, 9.17) is 5.11 Å². The van der Waals surface area contributed by atoms with Gasteiger partial charge in [-0.1, -0.05) is 11.8 Å². The molecule has 2 rings (SSSR count). The number of carbonyl (C=O) groups is 1. The van der Waals surface area contributed by atoms with E-state index in [0.717, 1.165) is 9.79 Å². The highest BCUT2D eigenvalue weighted by Gasteiger charge is 2.06. The molecule has 0 bridgehead atoms. The van der Waals surface area contributed by atoms with Crippen LogP contribution in [0, 0.1) is 10.1 Å². The van der Waals surface area contributed by atoms with Gasteiger partial charge in [0, 0.05) is 28.1 Å². The number of benzene rings is 1. The molecule has 0 radical (unpaired) electrons. The molecule has 1 aromatic carbocycles. The minimum Gasteiger partial charge on any atom is -0.477 e. The van der Waals surface area contributed by atoms with E-state index in [1.54, 1.807) is 18.2 Å². The number of nitro groups is 1. The summed E-state index contributed by atoms with van der Waals surface area (Å²) in [5.74, 6) is -1.08. The number of pyridine rings is 1. The molecule has 0 saturated heterocycles. The molecule has 1 N–H and O–H groups in total. The lowest BCUT2D eigenvalue weighted by Gasteiger charge is -2.01. The minimum atomic E-state index is -1.08. The number of rotatable bonds is 4. The van der Waals surface area contributed by atoms with Gasteiger partial charge in [-0.25, -0.2) is 9.78 Å². The van der Waals surface area contributed by atoms with E-state index in [0.29, 0.717) is 0 Å². The Morgan fingerprint density at radius 1 is 1.16 bits per heavy atom. The number of hydrogen-bond acceptors (Lipinski definition) is 5. The van der Waals surface area contributed by atoms with Gasteiger partial charge in [-0.15, -0.1) is 0 Å². The van der Waals surface area contributed by atoms with Crippen molar-refractivity contribution in [1.82, 2.24) is 4.98 Å². The summed E-state index contributed by atoms with van der Waals surface area (Å²) in [7, 11) is 0. The summed E-state index contributed by atoms with van der Waals surface area (Å²) in [5, 5.41) is 19.2. The predicted molar refractivity (Wildman–Crippen MR) is 68.4 cm³/mol. The Hall–Kier alpha value is -2.41. The number of nitro benzene ring substituents is 1. The topological polar surface area (TPSA) is 93.3 Å². The van der Waals surface area contributed by atoms with Crippen LogP contribution in [0.5, 0.6) is 0 Å². The van der Waals surface area contributed by atoms with Crippen LogP contribution in [0.3, 0.4) is 0 Å². The van der Waals surface area contributed by atoms with Crippen molar-refractivity contribution in [3.8, 4) is 0 Å². The van der Waals surface area contributed by atoms with Crippen molar-refractivity contribution in [2.45, 2.75) is 9.79 Å². The summed E-state index contributed by atoms with van der Waals surface area (Å²) in [6.45, 7) is 0. The fraction of sp³-hybridized carbons (Fsp3) is 0. The molecular formula is C12H8N2O4S. The fourth-order valence-electron chi connectivity index (χ4n) is 1.34. The highest BCUT2D eigenvalue weighted by atomic mass is 32.2. The maximum Gasteiger partial charge on any atom is 0.354 e. The first-order valence-corrected chi connectivity index (χ1v) is 5.99. The summed E-state index contributed by atoms with van der Waals surface area (Å²) in [5.41, 5.74) is 0.0109. The zero-order valence-corrected chi connectivity index (χ0v) is 10.3. The smallest absolute Gasteiger partial charge is 0.354 e. The first-order chi connectivity index (χ1) is 9.06. The van der Waals surface area contributed by atoms with E-state index in [9.17, 15) is 14.9 Å². The first-order valence-electron chi connectivity index (χ1n) is 5.18. The zero-order chi connectivity index (χ0) is 13.8. The van der Waals surface area contributed by atoms with Gasteiger partial charge in [0.05, 0.1) is 4.92 Å². The molecule has 0 aliphatic carbocycles. The normalized spacial score (nSPS) is 10.1. The second kappa shape index (κ2) is 5.49. The fourth-order valence-corrected chi connectivity index (χ4v) is 2.12. The molecule has 0 aliphatic rings. The first kappa shape index (κ1) is 13.0. The van der Waals surface area contributed by atoms with Gasteiger partial charge in [-0.2, -0.15) is 0 Å². The number of hydrogen-bond donors (Lipinski definition) is 1. The molecule has 0 amide bonds. The Balaban J connectivity index is 2.12. The van der Waals surface area contributed by atoms with Crippen molar-refractivity contribution >= 4 is 23.4 Å². The van der Waals surface area contributed by atoms with E-state index >= 15 is 0 Å². The lowest BCUT2D eigenvalue weighted by molar-refractivity contribution is -0.384. The zero-order valence-electron chi connectivity index (χ0n) is 9.52. The van der Waals surface area contributed by atoms with E-state index < -0.39 is 10.9 Å². The Bertz CT molecular complexity index is 555. The molecule has 2 aromatic rings. The highest BCUT2D eigenvalue weighted by Crippen LogP contribution is 2.28. The molecule has 0 aliphatic heterocycles. The number of non-ortho nitro benzene ring substituents is 1. The lowest BCUT2D eigenvalue weighted by Crippen LogP contribution is -1.98. The Labute approximate surface area is 112 Å². The number of aromatic nitrogens is 1. The molecule has 1 heterocycles. The van der Waals surface area contributed by atoms with Gasteiger partial charge in [0.15, 0.2) is 0 Å². The second-order valence-electron chi connectivity index (χ2n) is 3.54. The number of carboxylic acid groups (broad SMARTS) is 1. The van der Waals surface area contributed by atoms with Crippen LogP contribution in [0.1, 0.15) is 10.5 Å². The van der Waals surface area contributed by atoms with Gasteiger partial charge < -0.3 is 5.11 Å². The van der Waals surface area contributed by atoms with Gasteiger partial charge in [0.1, 0.15) is 5.69 Å². The largest absolute Gasteiger partial charge is 0.477 e. The summed E-state index contributed by atoms with van der Waals surface area (Å²) in [6.07, 6.45) is 1.45. The van der Waals surface area contributed by atoms with E-state index in [1.165, 1.54) is 36.2 Å². The molecule has 0 saturated carbocycles. The average molecular weight is 276 g/mol. The van der Waals surface area contributed by atoms with Crippen LogP contribution >= 0.6 is 11.8 Å². The standard InChI is InChI=1S/C12H8N2O4S/c15-12(16)11-6-5-10(7-13-11)19-9-3-1-8(2-4-9)14(17)18/h1-7H,(H,15,16). The Morgan fingerprint density at radius 3 is 2.26 bits per heavy atom. The minimum absolute atomic E-state index is 0.0203. The molecule has 96 valence electrons. The van der Waals surface area contributed by atoms with Crippen LogP contribution in [-0.2, 0) is 0 Å². The molecule has 7 heteroatoms. The van der Waals surface area contributed by atoms with E-state index in [1.807, 2.05) is 0 Å². The summed E-state index contributed by atoms with van der Waals surface area (Å²) >= 11 is 1.35. The third kappa shape index (κ3) is 3.29. The molecule has 19 heavy (non-hydrogen) atoms. The summed E-state index contributed by atoms with van der Waals surface area (Å²) < 4.78 is 0. The van der Waals surface area contributed by atoms with Gasteiger partial charge in [0.25, 0.3) is 5.69 Å². The molecule has 0 fully saturated rings. The van der Waals surface area contributed by atoms with Gasteiger partial charge in [-0.05, 0) is 24.3 Å². The van der Waals surface area contributed by atoms with Crippen molar-refractivity contribution in [3.63, 3.8) is 0 Å². The van der Waals surface area contributed by atoms with E-state index in [-0.39, 0.29) is 11.4 Å². The Kier molecular flexibility index (Phi) is 3.76. The number of aromatic carboxylic acids is 1. The van der Waals surface area contributed by atoms with Crippen molar-refractivity contribution < 1.29 is 14.8 Å². The highest BCUT2D eigenvalue weighted by molar-refractivity contribution is 7.99. The number of carboxylic acids is 1. The maximum absolute atomic E-state index is 10.6. The molecular weight excluding hydrogens is 268 g/mol. The lowest BCUT2D eigenvalue weighted by atomic mass is 10.3. The van der Waals surface area contributed by atoms with Crippen LogP contribution in [0.2, 0.25) is 0 Å². The van der Waals surface area contributed by atoms with Gasteiger partial charge in [0.2, 0.25) is 0 Å². The second-order valence-corrected chi connectivity index (χ2v) is 4.68. The van der Waals surface area contributed by atoms with Crippen molar-refractivity contribution in [2.75, 3.05) is 0 Å². The van der Waals surface area contributed by atoms with Gasteiger partial charge in [-0.3, -0.25) is 10.1 Å². The summed E-state index contributed by atoms with van der Waals surface area (Å²) in [6, 6.07) is 9.16. The molecule has 0 atom stereocenters. The summed E-state index contributed by atoms with van der Waals surface area (Å²) in [4.78, 5) is 26.1. The molecule has 1 aromatic heterocycles. The van der Waals surface area contributed by atoms with E-state index in [2.05, 4.69) is 4.98 Å². The van der Waals surface area contributed by atoms with Crippen molar-refractivity contribution in [2.24, 2.45) is 0 Å². The van der Waals surface area contributed by atoms with Crippen molar-refractivity contribution in [1.29, 1.82) is 0 Å². The third-order valence-corrected chi connectivity index (χ3v) is 3.22. The van der Waals surface area contributed by atoms with Crippen LogP contribution < -0.4 is 0 Å². The SMILES string of the molecule is O=C(O)c1ccc(Sc2ccc([N+](=O)[O-])cc2)cn1. The van der Waals surface area contributed by atoms with Crippen LogP contribution in [0.4, 0.5) is 5.69 Å². The third-order valence-electron chi connectivity index (χ3n) is 2.24. The van der Waals surface area contributed by atoms with Crippen molar-refractivity contribution in [3.05, 3.63) is 58.4 Å². The average Bonchev–Trinajstić information content (AvgIpc) is 2.40. The van der Waals surface area contributed by atoms with Crippen LogP contribution in [0.25, 0.3) is 0 Å². The Morgan fingerprint density at radius 2 is 1.79 bits per heavy atom. The van der Waals surface area contributed by atoms with Crippen LogP contribution in [0.15, 0.2) is 52.4 Å². The predicted octanol–water partition coefficient (Wildman–Crippen LogP) is 2.84. The monoisotopic (exact) mass is 276 g/mol. The maximum atomic E-state index is 10.6. The van der Waals surface area contributed by atoms with Crippen LogP contribution in [-0.4, -0.2) is 21.0 Å². The molecule has 0 spiro atoms. The molecule has 0 unspecified atom stereocenters. The van der Waals surface area contributed by atoms with Gasteiger partial charge >= 0.3 is 5.97 Å².